The van der Waals surface area contributed by atoms with Gasteiger partial charge in [0.15, 0.2) is 0 Å². The number of allylic oxidation sites excluding steroid dienone is 2. The second kappa shape index (κ2) is 8.01. The number of fused-ring (bicyclic) bond motifs is 1. The van der Waals surface area contributed by atoms with Crippen LogP contribution in [0.3, 0.4) is 0 Å². The zero-order valence-corrected chi connectivity index (χ0v) is 15.0. The Bertz CT molecular complexity index is 890. The summed E-state index contributed by atoms with van der Waals surface area (Å²) in [6, 6.07) is 15.8. The van der Waals surface area contributed by atoms with E-state index in [-0.39, 0.29) is 34.5 Å². The van der Waals surface area contributed by atoms with E-state index in [1.165, 1.54) is 0 Å². The number of benzene rings is 2. The van der Waals surface area contributed by atoms with Crippen molar-refractivity contribution in [1.82, 2.24) is 0 Å². The van der Waals surface area contributed by atoms with Crippen LogP contribution in [0.4, 0.5) is 5.69 Å². The Morgan fingerprint density at radius 1 is 0.962 bits per heavy atom. The molecule has 0 aromatic heterocycles. The van der Waals surface area contributed by atoms with Crippen molar-refractivity contribution >= 4 is 35.0 Å². The topological polar surface area (TPSA) is 72.5 Å². The summed E-state index contributed by atoms with van der Waals surface area (Å²) in [5.41, 5.74) is 1.59. The van der Waals surface area contributed by atoms with E-state index in [2.05, 4.69) is 5.32 Å². The number of thioether (sulfide) groups is 1. The van der Waals surface area contributed by atoms with E-state index in [1.807, 2.05) is 18.2 Å². The molecule has 0 fully saturated rings. The maximum Gasteiger partial charge on any atom is 0.316 e. The van der Waals surface area contributed by atoms with Crippen LogP contribution in [0, 0.1) is 0 Å². The van der Waals surface area contributed by atoms with Crippen molar-refractivity contribution in [3.8, 4) is 0 Å². The van der Waals surface area contributed by atoms with E-state index >= 15 is 0 Å². The van der Waals surface area contributed by atoms with Crippen LogP contribution < -0.4 is 5.32 Å². The molecule has 0 atom stereocenters. The number of para-hydroxylation sites is 1. The van der Waals surface area contributed by atoms with Gasteiger partial charge in [-0.1, -0.05) is 42.5 Å². The van der Waals surface area contributed by atoms with Crippen molar-refractivity contribution in [1.29, 1.82) is 0 Å². The summed E-state index contributed by atoms with van der Waals surface area (Å²) >= 11 is 1.02. The van der Waals surface area contributed by atoms with E-state index in [0.29, 0.717) is 16.8 Å². The number of anilines is 1. The number of hydrogen-bond donors (Lipinski definition) is 1. The van der Waals surface area contributed by atoms with Gasteiger partial charge in [-0.3, -0.25) is 14.4 Å². The van der Waals surface area contributed by atoms with Crippen molar-refractivity contribution in [3.63, 3.8) is 0 Å². The van der Waals surface area contributed by atoms with Crippen LogP contribution in [0.25, 0.3) is 0 Å². The summed E-state index contributed by atoms with van der Waals surface area (Å²) < 4.78 is 4.92. The average molecular weight is 367 g/mol. The zero-order chi connectivity index (χ0) is 18.5. The average Bonchev–Trinajstić information content (AvgIpc) is 2.66. The molecule has 1 aliphatic carbocycles. The van der Waals surface area contributed by atoms with E-state index in [4.69, 9.17) is 4.74 Å². The van der Waals surface area contributed by atoms with Gasteiger partial charge in [-0.05, 0) is 19.1 Å². The predicted octanol–water partition coefficient (Wildman–Crippen LogP) is 3.69. The highest BCUT2D eigenvalue weighted by Crippen LogP contribution is 2.33. The van der Waals surface area contributed by atoms with Crippen LogP contribution in [0.15, 0.2) is 65.2 Å². The molecule has 3 rings (SSSR count). The molecule has 0 aliphatic heterocycles. The first-order valence-electron chi connectivity index (χ1n) is 8.15. The Morgan fingerprint density at radius 2 is 1.58 bits per heavy atom. The number of rotatable bonds is 6. The van der Waals surface area contributed by atoms with Gasteiger partial charge >= 0.3 is 5.97 Å². The SMILES string of the molecule is CCOC(=O)CSC1=C(Nc2ccccc2)C(=O)c2ccccc2C1=O. The molecule has 0 radical (unpaired) electrons. The fourth-order valence-electron chi connectivity index (χ4n) is 2.60. The fraction of sp³-hybridized carbons (Fsp3) is 0.150. The Hall–Kier alpha value is -2.86. The zero-order valence-electron chi connectivity index (χ0n) is 14.2. The van der Waals surface area contributed by atoms with Crippen molar-refractivity contribution in [2.45, 2.75) is 6.92 Å². The maximum atomic E-state index is 12.9. The monoisotopic (exact) mass is 367 g/mol. The van der Waals surface area contributed by atoms with Gasteiger partial charge in [0.05, 0.1) is 17.3 Å². The van der Waals surface area contributed by atoms with Gasteiger partial charge in [0.1, 0.15) is 5.70 Å². The third-order valence-electron chi connectivity index (χ3n) is 3.76. The third-order valence-corrected chi connectivity index (χ3v) is 4.82. The predicted molar refractivity (Wildman–Crippen MR) is 101 cm³/mol. The number of carbonyl (C=O) groups is 3. The lowest BCUT2D eigenvalue weighted by atomic mass is 9.92. The highest BCUT2D eigenvalue weighted by atomic mass is 32.2. The minimum atomic E-state index is -0.428. The Morgan fingerprint density at radius 3 is 2.23 bits per heavy atom. The van der Waals surface area contributed by atoms with Crippen LogP contribution in [0.2, 0.25) is 0 Å². The second-order valence-corrected chi connectivity index (χ2v) is 6.48. The second-order valence-electron chi connectivity index (χ2n) is 5.49. The summed E-state index contributed by atoms with van der Waals surface area (Å²) in [6.45, 7) is 1.99. The lowest BCUT2D eigenvalue weighted by Gasteiger charge is -2.21. The van der Waals surface area contributed by atoms with Gasteiger partial charge in [0.2, 0.25) is 11.6 Å². The number of ketones is 2. The number of ether oxygens (including phenoxy) is 1. The minimum absolute atomic E-state index is 0.0374. The smallest absolute Gasteiger partial charge is 0.316 e. The van der Waals surface area contributed by atoms with Crippen molar-refractivity contribution in [3.05, 3.63) is 76.3 Å². The van der Waals surface area contributed by atoms with E-state index in [9.17, 15) is 14.4 Å². The molecule has 6 heteroatoms. The molecule has 132 valence electrons. The van der Waals surface area contributed by atoms with Crippen LogP contribution in [-0.4, -0.2) is 29.9 Å². The van der Waals surface area contributed by atoms with Crippen LogP contribution >= 0.6 is 11.8 Å². The molecule has 0 saturated heterocycles. The van der Waals surface area contributed by atoms with Crippen LogP contribution in [0.5, 0.6) is 0 Å². The molecule has 26 heavy (non-hydrogen) atoms. The molecule has 2 aromatic carbocycles. The molecule has 0 bridgehead atoms. The molecule has 0 amide bonds. The van der Waals surface area contributed by atoms with Gasteiger partial charge in [-0.2, -0.15) is 0 Å². The number of esters is 1. The maximum absolute atomic E-state index is 12.9. The van der Waals surface area contributed by atoms with Gasteiger partial charge in [-0.15, -0.1) is 11.8 Å². The minimum Gasteiger partial charge on any atom is -0.465 e. The first kappa shape index (κ1) is 17.9. The Balaban J connectivity index is 1.98. The molecule has 1 N–H and O–H groups in total. The molecule has 0 unspecified atom stereocenters. The lowest BCUT2D eigenvalue weighted by Crippen LogP contribution is -2.25. The molecule has 2 aromatic rings. The standard InChI is InChI=1S/C20H17NO4S/c1-2-25-16(22)12-26-20-17(21-13-8-4-3-5-9-13)18(23)14-10-6-7-11-15(14)19(20)24/h3-11,21H,2,12H2,1H3. The molecule has 0 heterocycles. The van der Waals surface area contributed by atoms with Crippen molar-refractivity contribution < 1.29 is 19.1 Å². The highest BCUT2D eigenvalue weighted by molar-refractivity contribution is 8.04. The largest absolute Gasteiger partial charge is 0.465 e. The van der Waals surface area contributed by atoms with Gasteiger partial charge in [0, 0.05) is 16.8 Å². The van der Waals surface area contributed by atoms with Crippen molar-refractivity contribution in [2.75, 3.05) is 17.7 Å². The molecular formula is C20H17NO4S. The third kappa shape index (κ3) is 3.70. The first-order valence-corrected chi connectivity index (χ1v) is 9.13. The van der Waals surface area contributed by atoms with E-state index in [0.717, 1.165) is 11.8 Å². The molecule has 0 saturated carbocycles. The summed E-state index contributed by atoms with van der Waals surface area (Å²) in [6.07, 6.45) is 0. The van der Waals surface area contributed by atoms with Gasteiger partial charge < -0.3 is 10.1 Å². The Kier molecular flexibility index (Phi) is 5.53. The summed E-state index contributed by atoms with van der Waals surface area (Å²) in [5, 5.41) is 3.04. The molecule has 5 nitrogen and oxygen atoms in total. The van der Waals surface area contributed by atoms with E-state index in [1.54, 1.807) is 43.3 Å². The molecular weight excluding hydrogens is 350 g/mol. The fourth-order valence-corrected chi connectivity index (χ4v) is 3.48. The summed E-state index contributed by atoms with van der Waals surface area (Å²) in [7, 11) is 0. The number of carbonyl (C=O) groups excluding carboxylic acids is 3. The number of hydrogen-bond acceptors (Lipinski definition) is 6. The molecule has 1 aliphatic rings. The van der Waals surface area contributed by atoms with Gasteiger partial charge in [-0.25, -0.2) is 0 Å². The van der Waals surface area contributed by atoms with Crippen LogP contribution in [-0.2, 0) is 9.53 Å². The summed E-state index contributed by atoms with van der Waals surface area (Å²) in [5.74, 6) is -1.00. The summed E-state index contributed by atoms with van der Waals surface area (Å²) in [4.78, 5) is 37.8. The van der Waals surface area contributed by atoms with Crippen LogP contribution in [0.1, 0.15) is 27.6 Å². The van der Waals surface area contributed by atoms with E-state index < -0.39 is 5.97 Å². The van der Waals surface area contributed by atoms with Crippen molar-refractivity contribution in [2.24, 2.45) is 0 Å². The number of Topliss-reactive ketones (excluding diaryl/α,β-unsaturated/α-hetero) is 2. The number of nitrogens with one attached hydrogen (secondary N) is 1. The lowest BCUT2D eigenvalue weighted by molar-refractivity contribution is -0.139. The highest BCUT2D eigenvalue weighted by Gasteiger charge is 2.33. The quantitative estimate of drug-likeness (QED) is 0.785. The Labute approximate surface area is 155 Å². The van der Waals surface area contributed by atoms with Gasteiger partial charge in [0.25, 0.3) is 0 Å². The first-order chi connectivity index (χ1) is 12.6. The molecule has 0 spiro atoms. The normalized spacial score (nSPS) is 13.4.